The zero-order valence-electron chi connectivity index (χ0n) is 14.4. The molecule has 1 fully saturated rings. The van der Waals surface area contributed by atoms with Gasteiger partial charge in [-0.3, -0.25) is 0 Å². The van der Waals surface area contributed by atoms with Gasteiger partial charge in [0.05, 0.1) is 6.61 Å². The molecule has 1 aliphatic heterocycles. The molecule has 0 aromatic heterocycles. The summed E-state index contributed by atoms with van der Waals surface area (Å²) in [5, 5.41) is 19.1. The third-order valence-electron chi connectivity index (χ3n) is 3.70. The number of benzene rings is 1. The largest absolute Gasteiger partial charge is 0.478 e. The number of para-hydroxylation sites is 1. The van der Waals surface area contributed by atoms with Crippen LogP contribution in [0.4, 0.5) is 5.69 Å². The summed E-state index contributed by atoms with van der Waals surface area (Å²) in [7, 11) is 1.74. The van der Waals surface area contributed by atoms with Crippen LogP contribution in [0.25, 0.3) is 0 Å². The van der Waals surface area contributed by atoms with Crippen molar-refractivity contribution < 1.29 is 24.5 Å². The standard InChI is InChI=1S/C14H22N2O.C4H4O4/c1-17-11-9-15-12-14-8-5-10-16(14)13-6-3-2-4-7-13;5-3(6)1-2-4(7)8/h2-4,6-7,14-15H,5,8-12H2,1H3;1-2H,(H,5,6)(H,7,8)/b;2-1+. The topological polar surface area (TPSA) is 99.1 Å². The van der Waals surface area contributed by atoms with E-state index in [1.165, 1.54) is 25.1 Å². The summed E-state index contributed by atoms with van der Waals surface area (Å²) in [5.74, 6) is -2.51. The minimum atomic E-state index is -1.26. The Morgan fingerprint density at radius 2 is 1.88 bits per heavy atom. The van der Waals surface area contributed by atoms with Gasteiger partial charge in [0.15, 0.2) is 0 Å². The number of rotatable bonds is 8. The number of anilines is 1. The number of nitrogens with one attached hydrogen (secondary N) is 1. The number of hydrogen-bond acceptors (Lipinski definition) is 5. The smallest absolute Gasteiger partial charge is 0.328 e. The molecule has 0 bridgehead atoms. The van der Waals surface area contributed by atoms with E-state index < -0.39 is 11.9 Å². The highest BCUT2D eigenvalue weighted by atomic mass is 16.5. The molecule has 138 valence electrons. The minimum Gasteiger partial charge on any atom is -0.478 e. The molecular weight excluding hydrogens is 324 g/mol. The van der Waals surface area contributed by atoms with E-state index in [0.29, 0.717) is 18.2 Å². The Hall–Kier alpha value is -2.38. The maximum absolute atomic E-state index is 9.55. The van der Waals surface area contributed by atoms with Gasteiger partial charge in [0.25, 0.3) is 0 Å². The van der Waals surface area contributed by atoms with Crippen molar-refractivity contribution in [2.24, 2.45) is 0 Å². The van der Waals surface area contributed by atoms with Crippen molar-refractivity contribution in [3.63, 3.8) is 0 Å². The van der Waals surface area contributed by atoms with E-state index in [1.54, 1.807) is 7.11 Å². The first kappa shape index (κ1) is 20.7. The van der Waals surface area contributed by atoms with Crippen LogP contribution in [0.1, 0.15) is 12.8 Å². The Morgan fingerprint density at radius 3 is 2.44 bits per heavy atom. The zero-order valence-corrected chi connectivity index (χ0v) is 14.4. The van der Waals surface area contributed by atoms with Crippen LogP contribution >= 0.6 is 0 Å². The number of aliphatic carboxylic acids is 2. The van der Waals surface area contributed by atoms with Gasteiger partial charge in [-0.15, -0.1) is 0 Å². The van der Waals surface area contributed by atoms with Crippen molar-refractivity contribution in [2.45, 2.75) is 18.9 Å². The molecule has 7 nitrogen and oxygen atoms in total. The monoisotopic (exact) mass is 350 g/mol. The molecule has 1 aliphatic rings. The van der Waals surface area contributed by atoms with E-state index in [2.05, 4.69) is 40.5 Å². The SMILES string of the molecule is COCCNCC1CCCN1c1ccccc1.O=C(O)/C=C/C(=O)O. The molecule has 0 amide bonds. The molecule has 0 radical (unpaired) electrons. The Labute approximate surface area is 147 Å². The Balaban J connectivity index is 0.000000333. The van der Waals surface area contributed by atoms with Gasteiger partial charge in [-0.05, 0) is 25.0 Å². The fourth-order valence-electron chi connectivity index (χ4n) is 2.59. The fraction of sp³-hybridized carbons (Fsp3) is 0.444. The third kappa shape index (κ3) is 8.88. The molecule has 3 N–H and O–H groups in total. The van der Waals surface area contributed by atoms with E-state index in [1.807, 2.05) is 0 Å². The van der Waals surface area contributed by atoms with Crippen LogP contribution in [-0.2, 0) is 14.3 Å². The molecule has 1 aromatic rings. The number of hydrogen-bond donors (Lipinski definition) is 3. The van der Waals surface area contributed by atoms with Crippen LogP contribution in [0, 0.1) is 0 Å². The highest BCUT2D eigenvalue weighted by molar-refractivity contribution is 5.89. The normalized spacial score (nSPS) is 16.5. The number of carbonyl (C=O) groups is 2. The van der Waals surface area contributed by atoms with Crippen LogP contribution < -0.4 is 10.2 Å². The molecule has 25 heavy (non-hydrogen) atoms. The second-order valence-electron chi connectivity index (χ2n) is 5.53. The average molecular weight is 350 g/mol. The van der Waals surface area contributed by atoms with Gasteiger partial charge in [0.2, 0.25) is 0 Å². The zero-order chi connectivity index (χ0) is 18.5. The predicted molar refractivity (Wildman–Crippen MR) is 96.0 cm³/mol. The van der Waals surface area contributed by atoms with Crippen LogP contribution in [0.2, 0.25) is 0 Å². The quantitative estimate of drug-likeness (QED) is 0.484. The van der Waals surface area contributed by atoms with Gasteiger partial charge in [0, 0.05) is 50.6 Å². The fourth-order valence-corrected chi connectivity index (χ4v) is 2.59. The number of carboxylic acid groups (broad SMARTS) is 2. The van der Waals surface area contributed by atoms with Gasteiger partial charge >= 0.3 is 11.9 Å². The molecule has 1 unspecified atom stereocenters. The van der Waals surface area contributed by atoms with Crippen molar-refractivity contribution in [3.8, 4) is 0 Å². The van der Waals surface area contributed by atoms with Gasteiger partial charge in [-0.25, -0.2) is 9.59 Å². The van der Waals surface area contributed by atoms with Crippen LogP contribution in [0.15, 0.2) is 42.5 Å². The van der Waals surface area contributed by atoms with Crippen molar-refractivity contribution in [3.05, 3.63) is 42.5 Å². The Kier molecular flexibility index (Phi) is 9.96. The third-order valence-corrected chi connectivity index (χ3v) is 3.70. The summed E-state index contributed by atoms with van der Waals surface area (Å²) >= 11 is 0. The van der Waals surface area contributed by atoms with E-state index in [-0.39, 0.29) is 0 Å². The summed E-state index contributed by atoms with van der Waals surface area (Å²) in [6.45, 7) is 3.96. The van der Waals surface area contributed by atoms with Crippen molar-refractivity contribution >= 4 is 17.6 Å². The van der Waals surface area contributed by atoms with Gasteiger partial charge < -0.3 is 25.2 Å². The van der Waals surface area contributed by atoms with E-state index in [0.717, 1.165) is 19.7 Å². The molecule has 7 heteroatoms. The molecule has 1 aromatic carbocycles. The van der Waals surface area contributed by atoms with Crippen molar-refractivity contribution in [1.29, 1.82) is 0 Å². The lowest BCUT2D eigenvalue weighted by atomic mass is 10.2. The maximum atomic E-state index is 9.55. The highest BCUT2D eigenvalue weighted by Gasteiger charge is 2.23. The van der Waals surface area contributed by atoms with Crippen molar-refractivity contribution in [2.75, 3.05) is 38.3 Å². The van der Waals surface area contributed by atoms with E-state index in [9.17, 15) is 9.59 Å². The minimum absolute atomic E-state index is 0.558. The van der Waals surface area contributed by atoms with Crippen LogP contribution in [0.3, 0.4) is 0 Å². The molecule has 1 atom stereocenters. The molecule has 2 rings (SSSR count). The lowest BCUT2D eigenvalue weighted by Crippen LogP contribution is -2.38. The molecule has 1 heterocycles. The summed E-state index contributed by atoms with van der Waals surface area (Å²) in [6.07, 6.45) is 3.70. The van der Waals surface area contributed by atoms with E-state index >= 15 is 0 Å². The molecule has 0 spiro atoms. The van der Waals surface area contributed by atoms with Gasteiger partial charge in [0.1, 0.15) is 0 Å². The first-order chi connectivity index (χ1) is 12.0. The lowest BCUT2D eigenvalue weighted by Gasteiger charge is -2.27. The summed E-state index contributed by atoms with van der Waals surface area (Å²) in [5.41, 5.74) is 1.35. The second-order valence-corrected chi connectivity index (χ2v) is 5.53. The molecule has 0 aliphatic carbocycles. The number of ether oxygens (including phenoxy) is 1. The Bertz CT molecular complexity index is 532. The van der Waals surface area contributed by atoms with Crippen LogP contribution in [0.5, 0.6) is 0 Å². The molecule has 1 saturated heterocycles. The first-order valence-corrected chi connectivity index (χ1v) is 8.20. The molecule has 0 saturated carbocycles. The maximum Gasteiger partial charge on any atom is 0.328 e. The highest BCUT2D eigenvalue weighted by Crippen LogP contribution is 2.24. The number of carboxylic acids is 2. The van der Waals surface area contributed by atoms with Gasteiger partial charge in [-0.2, -0.15) is 0 Å². The summed E-state index contributed by atoms with van der Waals surface area (Å²) in [4.78, 5) is 21.6. The predicted octanol–water partition coefficient (Wildman–Crippen LogP) is 1.60. The first-order valence-electron chi connectivity index (χ1n) is 8.20. The van der Waals surface area contributed by atoms with Crippen molar-refractivity contribution in [1.82, 2.24) is 5.32 Å². The van der Waals surface area contributed by atoms with Gasteiger partial charge in [-0.1, -0.05) is 18.2 Å². The van der Waals surface area contributed by atoms with Crippen LogP contribution in [-0.4, -0.2) is 61.5 Å². The molecular formula is C18H26N2O5. The lowest BCUT2D eigenvalue weighted by molar-refractivity contribution is -0.134. The summed E-state index contributed by atoms with van der Waals surface area (Å²) in [6, 6.07) is 11.3. The summed E-state index contributed by atoms with van der Waals surface area (Å²) < 4.78 is 5.04. The second kappa shape index (κ2) is 12.0. The van der Waals surface area contributed by atoms with E-state index in [4.69, 9.17) is 14.9 Å². The Morgan fingerprint density at radius 1 is 1.24 bits per heavy atom. The number of nitrogens with zero attached hydrogens (tertiary/aromatic N) is 1. The average Bonchev–Trinajstić information content (AvgIpc) is 3.07. The number of methoxy groups -OCH3 is 1.